The van der Waals surface area contributed by atoms with E-state index in [1.54, 1.807) is 26.0 Å². The quantitative estimate of drug-likeness (QED) is 0.805. The standard InChI is InChI=1S/C20H22F3N3/c1-12-7-5-8-13(2)17(12)25-11-16(20(21,22)23)26(19(25)24)18-14(3)9-6-10-15(18)4/h5-10,16,24H,11H2,1-4H3. The Balaban J connectivity index is 2.16. The third-order valence-electron chi connectivity index (χ3n) is 4.92. The molecule has 1 saturated heterocycles. The van der Waals surface area contributed by atoms with Crippen molar-refractivity contribution < 1.29 is 13.2 Å². The van der Waals surface area contributed by atoms with Crippen LogP contribution in [0.1, 0.15) is 22.3 Å². The van der Waals surface area contributed by atoms with Crippen molar-refractivity contribution >= 4 is 17.3 Å². The molecule has 3 nitrogen and oxygen atoms in total. The van der Waals surface area contributed by atoms with Gasteiger partial charge in [0.05, 0.1) is 12.2 Å². The number of hydrogen-bond donors (Lipinski definition) is 1. The molecule has 0 spiro atoms. The Hall–Kier alpha value is -2.50. The molecule has 2 aromatic carbocycles. The van der Waals surface area contributed by atoms with Crippen LogP contribution in [0.3, 0.4) is 0 Å². The van der Waals surface area contributed by atoms with Crippen LogP contribution < -0.4 is 9.80 Å². The van der Waals surface area contributed by atoms with Gasteiger partial charge in [-0.1, -0.05) is 36.4 Å². The number of hydrogen-bond acceptors (Lipinski definition) is 1. The Kier molecular flexibility index (Phi) is 4.46. The van der Waals surface area contributed by atoms with Crippen LogP contribution in [-0.2, 0) is 0 Å². The number of anilines is 2. The molecule has 0 amide bonds. The van der Waals surface area contributed by atoms with Gasteiger partial charge in [-0.05, 0) is 49.9 Å². The van der Waals surface area contributed by atoms with Crippen LogP contribution in [-0.4, -0.2) is 24.7 Å². The summed E-state index contributed by atoms with van der Waals surface area (Å²) in [5, 5.41) is 8.59. The number of nitrogens with zero attached hydrogens (tertiary/aromatic N) is 2. The highest BCUT2D eigenvalue weighted by atomic mass is 19.4. The molecular formula is C20H22F3N3. The number of aryl methyl sites for hydroxylation is 4. The molecule has 6 heteroatoms. The molecule has 0 radical (unpaired) electrons. The molecule has 3 rings (SSSR count). The summed E-state index contributed by atoms with van der Waals surface area (Å²) in [5.74, 6) is -0.137. The van der Waals surface area contributed by atoms with Crippen molar-refractivity contribution in [3.8, 4) is 0 Å². The minimum Gasteiger partial charge on any atom is -0.309 e. The topological polar surface area (TPSA) is 30.3 Å². The highest BCUT2D eigenvalue weighted by Crippen LogP contribution is 2.40. The van der Waals surface area contributed by atoms with E-state index in [1.807, 2.05) is 38.1 Å². The summed E-state index contributed by atoms with van der Waals surface area (Å²) in [6.45, 7) is 7.00. The molecule has 1 aliphatic heterocycles. The van der Waals surface area contributed by atoms with Gasteiger partial charge in [0, 0.05) is 5.69 Å². The Bertz CT molecular complexity index is 817. The fourth-order valence-corrected chi connectivity index (χ4v) is 3.74. The average Bonchev–Trinajstić information content (AvgIpc) is 2.85. The van der Waals surface area contributed by atoms with Crippen LogP contribution in [0.25, 0.3) is 0 Å². The molecule has 0 aliphatic carbocycles. The molecule has 138 valence electrons. The van der Waals surface area contributed by atoms with Crippen molar-refractivity contribution in [1.82, 2.24) is 0 Å². The predicted octanol–water partition coefficient (Wildman–Crippen LogP) is 5.11. The molecular weight excluding hydrogens is 339 g/mol. The van der Waals surface area contributed by atoms with Gasteiger partial charge >= 0.3 is 6.18 Å². The highest BCUT2D eigenvalue weighted by Gasteiger charge is 2.52. The summed E-state index contributed by atoms with van der Waals surface area (Å²) in [5.41, 5.74) is 4.33. The minimum atomic E-state index is -4.44. The van der Waals surface area contributed by atoms with Crippen LogP contribution >= 0.6 is 0 Å². The number of para-hydroxylation sites is 2. The molecule has 0 aromatic heterocycles. The predicted molar refractivity (Wildman–Crippen MR) is 99.2 cm³/mol. The van der Waals surface area contributed by atoms with E-state index in [0.29, 0.717) is 11.4 Å². The molecule has 26 heavy (non-hydrogen) atoms. The van der Waals surface area contributed by atoms with Crippen LogP contribution in [0, 0.1) is 33.1 Å². The van der Waals surface area contributed by atoms with Crippen LogP contribution in [0.15, 0.2) is 36.4 Å². The van der Waals surface area contributed by atoms with Gasteiger partial charge in [-0.2, -0.15) is 13.2 Å². The lowest BCUT2D eigenvalue weighted by atomic mass is 10.1. The summed E-state index contributed by atoms with van der Waals surface area (Å²) < 4.78 is 41.6. The summed E-state index contributed by atoms with van der Waals surface area (Å²) in [4.78, 5) is 2.62. The second-order valence-corrected chi connectivity index (χ2v) is 6.84. The highest BCUT2D eigenvalue weighted by molar-refractivity contribution is 6.10. The molecule has 1 heterocycles. The number of benzene rings is 2. The molecule has 1 atom stereocenters. The van der Waals surface area contributed by atoms with Crippen molar-refractivity contribution in [2.75, 3.05) is 16.3 Å². The molecule has 0 saturated carbocycles. The number of alkyl halides is 3. The van der Waals surface area contributed by atoms with E-state index in [4.69, 9.17) is 5.41 Å². The van der Waals surface area contributed by atoms with Gasteiger partial charge in [0.1, 0.15) is 0 Å². The van der Waals surface area contributed by atoms with Crippen molar-refractivity contribution in [3.05, 3.63) is 58.7 Å². The van der Waals surface area contributed by atoms with E-state index < -0.39 is 12.2 Å². The van der Waals surface area contributed by atoms with Gasteiger partial charge in [0.25, 0.3) is 0 Å². The first-order chi connectivity index (χ1) is 12.1. The lowest BCUT2D eigenvalue weighted by Gasteiger charge is -2.29. The maximum atomic E-state index is 13.9. The molecule has 1 aliphatic rings. The summed E-state index contributed by atoms with van der Waals surface area (Å²) in [7, 11) is 0. The second-order valence-electron chi connectivity index (χ2n) is 6.84. The lowest BCUT2D eigenvalue weighted by Crippen LogP contribution is -2.45. The fraction of sp³-hybridized carbons (Fsp3) is 0.350. The van der Waals surface area contributed by atoms with Crippen molar-refractivity contribution in [3.63, 3.8) is 0 Å². The summed E-state index contributed by atoms with van der Waals surface area (Å²) in [6.07, 6.45) is -4.44. The first-order valence-electron chi connectivity index (χ1n) is 8.47. The van der Waals surface area contributed by atoms with Gasteiger partial charge in [-0.15, -0.1) is 0 Å². The first kappa shape index (κ1) is 18.3. The third-order valence-corrected chi connectivity index (χ3v) is 4.92. The van der Waals surface area contributed by atoms with Crippen LogP contribution in [0.5, 0.6) is 0 Å². The zero-order valence-corrected chi connectivity index (χ0v) is 15.3. The van der Waals surface area contributed by atoms with Gasteiger partial charge in [-0.3, -0.25) is 10.3 Å². The molecule has 1 unspecified atom stereocenters. The van der Waals surface area contributed by atoms with E-state index in [0.717, 1.165) is 27.2 Å². The fourth-order valence-electron chi connectivity index (χ4n) is 3.74. The molecule has 2 aromatic rings. The molecule has 0 bridgehead atoms. The SMILES string of the molecule is Cc1cccc(C)c1N1CC(C(F)(F)F)N(c2c(C)cccc2C)C1=N. The van der Waals surface area contributed by atoms with Gasteiger partial charge in [0.2, 0.25) is 5.96 Å². The average molecular weight is 361 g/mol. The zero-order chi connectivity index (χ0) is 19.2. The van der Waals surface area contributed by atoms with E-state index in [2.05, 4.69) is 0 Å². The van der Waals surface area contributed by atoms with E-state index >= 15 is 0 Å². The second kappa shape index (κ2) is 6.34. The first-order valence-corrected chi connectivity index (χ1v) is 8.47. The molecule has 1 fully saturated rings. The summed E-state index contributed by atoms with van der Waals surface area (Å²) in [6, 6.07) is 9.22. The smallest absolute Gasteiger partial charge is 0.309 e. The van der Waals surface area contributed by atoms with Crippen molar-refractivity contribution in [1.29, 1.82) is 5.41 Å². The normalized spacial score (nSPS) is 18.0. The van der Waals surface area contributed by atoms with Crippen molar-refractivity contribution in [2.24, 2.45) is 0 Å². The van der Waals surface area contributed by atoms with Gasteiger partial charge in [0.15, 0.2) is 6.04 Å². The Morgan fingerprint density at radius 3 is 1.69 bits per heavy atom. The Morgan fingerprint density at radius 2 is 1.27 bits per heavy atom. The number of rotatable bonds is 2. The number of nitrogens with one attached hydrogen (secondary N) is 1. The third kappa shape index (κ3) is 2.93. The van der Waals surface area contributed by atoms with E-state index in [9.17, 15) is 13.2 Å². The maximum absolute atomic E-state index is 13.9. The van der Waals surface area contributed by atoms with Gasteiger partial charge in [-0.25, -0.2) is 0 Å². The van der Waals surface area contributed by atoms with E-state index in [-0.39, 0.29) is 12.5 Å². The van der Waals surface area contributed by atoms with E-state index in [1.165, 1.54) is 4.90 Å². The lowest BCUT2D eigenvalue weighted by molar-refractivity contribution is -0.142. The van der Waals surface area contributed by atoms with Crippen molar-refractivity contribution in [2.45, 2.75) is 39.9 Å². The Morgan fingerprint density at radius 1 is 0.846 bits per heavy atom. The minimum absolute atomic E-state index is 0.137. The Labute approximate surface area is 151 Å². The monoisotopic (exact) mass is 361 g/mol. The number of guanidine groups is 1. The van der Waals surface area contributed by atoms with Crippen LogP contribution in [0.2, 0.25) is 0 Å². The van der Waals surface area contributed by atoms with Crippen LogP contribution in [0.4, 0.5) is 24.5 Å². The number of halogens is 3. The molecule has 1 N–H and O–H groups in total. The largest absolute Gasteiger partial charge is 0.410 e. The zero-order valence-electron chi connectivity index (χ0n) is 15.3. The maximum Gasteiger partial charge on any atom is 0.410 e. The van der Waals surface area contributed by atoms with Gasteiger partial charge < -0.3 is 4.90 Å². The summed E-state index contributed by atoms with van der Waals surface area (Å²) >= 11 is 0.